The SMILES string of the molecule is CC/C=C\C/C=C\C/C=C\C/C=C\C/C=C\CCCC(=O)OC(COC(=O)CCCCCCC/C=C\CCCCCC)COP(=O)(O)O. The van der Waals surface area contributed by atoms with E-state index in [-0.39, 0.29) is 19.4 Å². The average Bonchev–Trinajstić information content (AvgIpc) is 3.05. The van der Waals surface area contributed by atoms with Crippen LogP contribution in [0.2, 0.25) is 0 Å². The van der Waals surface area contributed by atoms with Crippen molar-refractivity contribution in [2.75, 3.05) is 13.2 Å². The molecule has 0 bridgehead atoms. The Balaban J connectivity index is 4.13. The fraction of sp³-hybridized carbons (Fsp3) is 0.641. The van der Waals surface area contributed by atoms with Gasteiger partial charge in [-0.1, -0.05) is 125 Å². The number of phosphoric ester groups is 1. The van der Waals surface area contributed by atoms with E-state index >= 15 is 0 Å². The van der Waals surface area contributed by atoms with Gasteiger partial charge in [0.15, 0.2) is 6.10 Å². The molecular weight excluding hydrogens is 627 g/mol. The first-order valence-corrected chi connectivity index (χ1v) is 19.8. The molecule has 0 aromatic carbocycles. The van der Waals surface area contributed by atoms with E-state index in [1.54, 1.807) is 0 Å². The highest BCUT2D eigenvalue weighted by Gasteiger charge is 2.22. The van der Waals surface area contributed by atoms with Crippen LogP contribution >= 0.6 is 7.82 Å². The van der Waals surface area contributed by atoms with Crippen LogP contribution in [-0.2, 0) is 28.2 Å². The van der Waals surface area contributed by atoms with E-state index in [4.69, 9.17) is 19.3 Å². The van der Waals surface area contributed by atoms with Gasteiger partial charge in [0, 0.05) is 12.8 Å². The largest absolute Gasteiger partial charge is 0.469 e. The molecule has 0 aromatic rings. The monoisotopic (exact) mass is 692 g/mol. The van der Waals surface area contributed by atoms with Crippen LogP contribution in [0.4, 0.5) is 0 Å². The normalized spacial score (nSPS) is 13.3. The second kappa shape index (κ2) is 34.4. The number of phosphoric acid groups is 1. The molecule has 9 heteroatoms. The second-order valence-electron chi connectivity index (χ2n) is 11.8. The fourth-order valence-corrected chi connectivity index (χ4v) is 4.88. The number of hydrogen-bond acceptors (Lipinski definition) is 6. The van der Waals surface area contributed by atoms with Gasteiger partial charge in [0.25, 0.3) is 0 Å². The van der Waals surface area contributed by atoms with Crippen molar-refractivity contribution in [3.63, 3.8) is 0 Å². The lowest BCUT2D eigenvalue weighted by Gasteiger charge is -2.18. The Kier molecular flexibility index (Phi) is 32.6. The van der Waals surface area contributed by atoms with E-state index < -0.39 is 32.5 Å². The molecule has 0 aliphatic carbocycles. The van der Waals surface area contributed by atoms with E-state index in [1.165, 1.54) is 32.1 Å². The number of ether oxygens (including phenoxy) is 2. The van der Waals surface area contributed by atoms with Gasteiger partial charge >= 0.3 is 19.8 Å². The van der Waals surface area contributed by atoms with Gasteiger partial charge in [0.1, 0.15) is 6.61 Å². The van der Waals surface area contributed by atoms with Gasteiger partial charge in [-0.2, -0.15) is 0 Å². The Morgan fingerprint density at radius 2 is 1.02 bits per heavy atom. The fourth-order valence-electron chi connectivity index (χ4n) is 4.52. The molecule has 0 aliphatic heterocycles. The van der Waals surface area contributed by atoms with Crippen LogP contribution in [-0.4, -0.2) is 41.0 Å². The summed E-state index contributed by atoms with van der Waals surface area (Å²) in [5.74, 6) is -0.972. The van der Waals surface area contributed by atoms with Gasteiger partial charge < -0.3 is 19.3 Å². The van der Waals surface area contributed by atoms with E-state index in [2.05, 4.69) is 79.1 Å². The molecule has 0 aliphatic rings. The van der Waals surface area contributed by atoms with Crippen molar-refractivity contribution < 1.29 is 37.9 Å². The van der Waals surface area contributed by atoms with Crippen molar-refractivity contribution in [2.24, 2.45) is 0 Å². The van der Waals surface area contributed by atoms with Crippen LogP contribution in [0.5, 0.6) is 0 Å². The lowest BCUT2D eigenvalue weighted by Crippen LogP contribution is -2.29. The van der Waals surface area contributed by atoms with E-state index in [1.807, 2.05) is 12.2 Å². The molecule has 0 heterocycles. The first-order chi connectivity index (χ1) is 23.3. The van der Waals surface area contributed by atoms with Crippen molar-refractivity contribution in [1.82, 2.24) is 0 Å². The number of unbranched alkanes of at least 4 members (excludes halogenated alkanes) is 10. The Bertz CT molecular complexity index is 1010. The summed E-state index contributed by atoms with van der Waals surface area (Å²) in [5, 5.41) is 0. The molecule has 0 aromatic heterocycles. The molecule has 0 radical (unpaired) electrons. The Morgan fingerprint density at radius 1 is 0.562 bits per heavy atom. The van der Waals surface area contributed by atoms with Crippen molar-refractivity contribution in [3.05, 3.63) is 72.9 Å². The standard InChI is InChI=1S/C39H65O8P/c1-3-5-7-9-11-13-15-17-18-19-20-22-24-26-28-30-32-34-39(41)47-37(36-46-48(42,43)44)35-45-38(40)33-31-29-27-25-23-21-16-14-12-10-8-6-4-2/h5,7,11,13-14,16-18,20,22,26,28,37H,3-4,6,8-10,12,15,19,21,23-25,27,29-36H2,1-2H3,(H2,42,43,44)/b7-5-,13-11-,16-14-,18-17-,22-20-,28-26-. The summed E-state index contributed by atoms with van der Waals surface area (Å²) in [7, 11) is -4.77. The highest BCUT2D eigenvalue weighted by molar-refractivity contribution is 7.46. The highest BCUT2D eigenvalue weighted by Crippen LogP contribution is 2.35. The number of esters is 2. The average molecular weight is 693 g/mol. The minimum absolute atomic E-state index is 0.128. The van der Waals surface area contributed by atoms with Gasteiger partial charge in [-0.25, -0.2) is 4.57 Å². The molecule has 0 spiro atoms. The number of carbonyl (C=O) groups is 2. The van der Waals surface area contributed by atoms with Gasteiger partial charge in [-0.05, 0) is 77.0 Å². The summed E-state index contributed by atoms with van der Waals surface area (Å²) in [6.07, 6.45) is 43.4. The predicted octanol–water partition coefficient (Wildman–Crippen LogP) is 10.7. The second-order valence-corrected chi connectivity index (χ2v) is 13.0. The van der Waals surface area contributed by atoms with Crippen molar-refractivity contribution >= 4 is 19.8 Å². The summed E-state index contributed by atoms with van der Waals surface area (Å²) in [4.78, 5) is 42.6. The van der Waals surface area contributed by atoms with Gasteiger partial charge in [0.2, 0.25) is 0 Å². The van der Waals surface area contributed by atoms with Crippen LogP contribution < -0.4 is 0 Å². The van der Waals surface area contributed by atoms with Crippen LogP contribution in [0.25, 0.3) is 0 Å². The van der Waals surface area contributed by atoms with Gasteiger partial charge in [0.05, 0.1) is 6.61 Å². The quantitative estimate of drug-likeness (QED) is 0.0309. The minimum Gasteiger partial charge on any atom is -0.462 e. The molecule has 0 rings (SSSR count). The molecule has 0 saturated heterocycles. The summed E-state index contributed by atoms with van der Waals surface area (Å²) in [5.41, 5.74) is 0. The Labute approximate surface area is 291 Å². The smallest absolute Gasteiger partial charge is 0.462 e. The third kappa shape index (κ3) is 36.3. The molecule has 1 unspecified atom stereocenters. The number of allylic oxidation sites excluding steroid dienone is 12. The zero-order valence-electron chi connectivity index (χ0n) is 29.9. The van der Waals surface area contributed by atoms with E-state index in [9.17, 15) is 14.2 Å². The zero-order chi connectivity index (χ0) is 35.4. The van der Waals surface area contributed by atoms with Crippen LogP contribution in [0.1, 0.15) is 142 Å². The lowest BCUT2D eigenvalue weighted by atomic mass is 10.1. The van der Waals surface area contributed by atoms with Crippen LogP contribution in [0.3, 0.4) is 0 Å². The first kappa shape index (κ1) is 45.5. The molecule has 0 fully saturated rings. The molecule has 0 saturated carbocycles. The van der Waals surface area contributed by atoms with Gasteiger partial charge in [-0.15, -0.1) is 0 Å². The molecule has 8 nitrogen and oxygen atoms in total. The van der Waals surface area contributed by atoms with Crippen molar-refractivity contribution in [3.8, 4) is 0 Å². The number of carbonyl (C=O) groups excluding carboxylic acids is 2. The topological polar surface area (TPSA) is 119 Å². The number of hydrogen-bond donors (Lipinski definition) is 2. The maximum Gasteiger partial charge on any atom is 0.469 e. The maximum absolute atomic E-state index is 12.3. The van der Waals surface area contributed by atoms with Crippen LogP contribution in [0.15, 0.2) is 72.9 Å². The summed E-state index contributed by atoms with van der Waals surface area (Å²) in [6.45, 7) is 3.47. The Morgan fingerprint density at radius 3 is 1.58 bits per heavy atom. The molecular formula is C39H65O8P. The summed E-state index contributed by atoms with van der Waals surface area (Å²) >= 11 is 0. The summed E-state index contributed by atoms with van der Waals surface area (Å²) < 4.78 is 26.2. The third-order valence-corrected chi connectivity index (χ3v) is 7.69. The van der Waals surface area contributed by atoms with E-state index in [0.717, 1.165) is 64.2 Å². The minimum atomic E-state index is -4.77. The number of rotatable bonds is 32. The molecule has 1 atom stereocenters. The van der Waals surface area contributed by atoms with E-state index in [0.29, 0.717) is 19.3 Å². The highest BCUT2D eigenvalue weighted by atomic mass is 31.2. The van der Waals surface area contributed by atoms with Crippen molar-refractivity contribution in [1.29, 1.82) is 0 Å². The van der Waals surface area contributed by atoms with Gasteiger partial charge in [-0.3, -0.25) is 14.1 Å². The maximum atomic E-state index is 12.3. The van der Waals surface area contributed by atoms with Crippen molar-refractivity contribution in [2.45, 2.75) is 148 Å². The molecule has 2 N–H and O–H groups in total. The predicted molar refractivity (Wildman–Crippen MR) is 197 cm³/mol. The lowest BCUT2D eigenvalue weighted by molar-refractivity contribution is -0.161. The molecule has 0 amide bonds. The summed E-state index contributed by atoms with van der Waals surface area (Å²) in [6, 6.07) is 0. The Hall–Kier alpha value is -2.51. The first-order valence-electron chi connectivity index (χ1n) is 18.2. The molecule has 274 valence electrons. The van der Waals surface area contributed by atoms with Crippen LogP contribution in [0, 0.1) is 0 Å². The zero-order valence-corrected chi connectivity index (χ0v) is 30.7. The molecule has 48 heavy (non-hydrogen) atoms. The third-order valence-electron chi connectivity index (χ3n) is 7.21.